The van der Waals surface area contributed by atoms with Gasteiger partial charge in [0, 0.05) is 18.4 Å². The zero-order valence-electron chi connectivity index (χ0n) is 8.28. The summed E-state index contributed by atoms with van der Waals surface area (Å²) in [5.74, 6) is 1.20. The Morgan fingerprint density at radius 1 is 1.62 bits per heavy atom. The van der Waals surface area contributed by atoms with Crippen molar-refractivity contribution in [1.29, 1.82) is 0 Å². The average molecular weight is 181 g/mol. The predicted octanol–water partition coefficient (Wildman–Crippen LogP) is 2.00. The molecule has 0 radical (unpaired) electrons. The van der Waals surface area contributed by atoms with Crippen LogP contribution in [0.15, 0.2) is 10.6 Å². The molecule has 0 aliphatic heterocycles. The Balaban J connectivity index is 2.61. The minimum absolute atomic E-state index is 0.0458. The van der Waals surface area contributed by atoms with Gasteiger partial charge < -0.3 is 9.32 Å². The van der Waals surface area contributed by atoms with E-state index in [1.54, 1.807) is 0 Å². The topological polar surface area (TPSA) is 43.1 Å². The maximum Gasteiger partial charge on any atom is 0.133 e. The van der Waals surface area contributed by atoms with E-state index in [-0.39, 0.29) is 5.92 Å². The molecule has 0 aliphatic carbocycles. The van der Waals surface area contributed by atoms with Gasteiger partial charge in [-0.3, -0.25) is 0 Å². The molecule has 3 heteroatoms. The SMILES string of the molecule is Cc1cc(CC(C=O)C(C)C)no1. The molecular formula is C10H15NO2. The van der Waals surface area contributed by atoms with Crippen LogP contribution in [0.25, 0.3) is 0 Å². The first-order valence-corrected chi connectivity index (χ1v) is 4.51. The molecule has 0 saturated carbocycles. The van der Waals surface area contributed by atoms with Gasteiger partial charge in [-0.25, -0.2) is 0 Å². The predicted molar refractivity (Wildman–Crippen MR) is 49.3 cm³/mol. The van der Waals surface area contributed by atoms with Crippen LogP contribution in [0, 0.1) is 18.8 Å². The van der Waals surface area contributed by atoms with Gasteiger partial charge in [-0.05, 0) is 12.8 Å². The third-order valence-corrected chi connectivity index (χ3v) is 2.15. The molecule has 0 aromatic carbocycles. The Bertz CT molecular complexity index is 278. The lowest BCUT2D eigenvalue weighted by Gasteiger charge is -2.11. The number of nitrogens with zero attached hydrogens (tertiary/aromatic N) is 1. The molecule has 0 N–H and O–H groups in total. The van der Waals surface area contributed by atoms with E-state index in [1.165, 1.54) is 0 Å². The van der Waals surface area contributed by atoms with E-state index in [0.29, 0.717) is 12.3 Å². The highest BCUT2D eigenvalue weighted by molar-refractivity contribution is 5.54. The van der Waals surface area contributed by atoms with Crippen molar-refractivity contribution in [2.75, 3.05) is 0 Å². The normalized spacial score (nSPS) is 13.2. The van der Waals surface area contributed by atoms with Gasteiger partial charge in [0.05, 0.1) is 5.69 Å². The van der Waals surface area contributed by atoms with Crippen molar-refractivity contribution in [3.8, 4) is 0 Å². The van der Waals surface area contributed by atoms with Gasteiger partial charge in [0.1, 0.15) is 12.0 Å². The number of carbonyl (C=O) groups is 1. The van der Waals surface area contributed by atoms with Gasteiger partial charge >= 0.3 is 0 Å². The maximum absolute atomic E-state index is 10.7. The fourth-order valence-electron chi connectivity index (χ4n) is 1.20. The van der Waals surface area contributed by atoms with Crippen LogP contribution in [0.1, 0.15) is 25.3 Å². The lowest BCUT2D eigenvalue weighted by molar-refractivity contribution is -0.112. The second-order valence-electron chi connectivity index (χ2n) is 3.68. The first-order valence-electron chi connectivity index (χ1n) is 4.51. The molecule has 1 aromatic heterocycles. The Labute approximate surface area is 78.1 Å². The van der Waals surface area contributed by atoms with Gasteiger partial charge in [0.2, 0.25) is 0 Å². The van der Waals surface area contributed by atoms with E-state index in [1.807, 2.05) is 26.8 Å². The van der Waals surface area contributed by atoms with Crippen molar-refractivity contribution < 1.29 is 9.32 Å². The van der Waals surface area contributed by atoms with Crippen LogP contribution in [-0.2, 0) is 11.2 Å². The van der Waals surface area contributed by atoms with Crippen molar-refractivity contribution in [3.05, 3.63) is 17.5 Å². The third kappa shape index (κ3) is 2.68. The molecule has 0 spiro atoms. The quantitative estimate of drug-likeness (QED) is 0.667. The number of carbonyl (C=O) groups excluding carboxylic acids is 1. The monoisotopic (exact) mass is 181 g/mol. The molecular weight excluding hydrogens is 166 g/mol. The average Bonchev–Trinajstić information content (AvgIpc) is 2.46. The molecule has 0 saturated heterocycles. The minimum atomic E-state index is 0.0458. The molecule has 0 bridgehead atoms. The summed E-state index contributed by atoms with van der Waals surface area (Å²) in [6, 6.07) is 1.87. The Hall–Kier alpha value is -1.12. The van der Waals surface area contributed by atoms with Gasteiger partial charge in [0.25, 0.3) is 0 Å². The summed E-state index contributed by atoms with van der Waals surface area (Å²) >= 11 is 0. The third-order valence-electron chi connectivity index (χ3n) is 2.15. The summed E-state index contributed by atoms with van der Waals surface area (Å²) in [5, 5.41) is 3.85. The molecule has 13 heavy (non-hydrogen) atoms. The van der Waals surface area contributed by atoms with Crippen molar-refractivity contribution in [1.82, 2.24) is 5.16 Å². The van der Waals surface area contributed by atoms with Crippen LogP contribution in [-0.4, -0.2) is 11.4 Å². The highest BCUT2D eigenvalue weighted by Crippen LogP contribution is 2.14. The molecule has 1 heterocycles. The number of aromatic nitrogens is 1. The number of hydrogen-bond acceptors (Lipinski definition) is 3. The summed E-state index contributed by atoms with van der Waals surface area (Å²) in [4.78, 5) is 10.7. The minimum Gasteiger partial charge on any atom is -0.361 e. The molecule has 72 valence electrons. The molecule has 1 unspecified atom stereocenters. The zero-order valence-corrected chi connectivity index (χ0v) is 8.28. The number of aryl methyl sites for hydroxylation is 1. The molecule has 0 fully saturated rings. The smallest absolute Gasteiger partial charge is 0.133 e. The van der Waals surface area contributed by atoms with E-state index in [9.17, 15) is 4.79 Å². The Morgan fingerprint density at radius 3 is 2.69 bits per heavy atom. The lowest BCUT2D eigenvalue weighted by Crippen LogP contribution is -2.13. The van der Waals surface area contributed by atoms with Gasteiger partial charge in [-0.15, -0.1) is 0 Å². The van der Waals surface area contributed by atoms with Crippen LogP contribution in [0.5, 0.6) is 0 Å². The molecule has 1 aromatic rings. The van der Waals surface area contributed by atoms with Crippen molar-refractivity contribution in [2.24, 2.45) is 11.8 Å². The lowest BCUT2D eigenvalue weighted by atomic mass is 9.93. The first kappa shape index (κ1) is 9.96. The van der Waals surface area contributed by atoms with Crippen LogP contribution < -0.4 is 0 Å². The first-order chi connectivity index (χ1) is 6.13. The highest BCUT2D eigenvalue weighted by atomic mass is 16.5. The summed E-state index contributed by atoms with van der Waals surface area (Å²) in [5.41, 5.74) is 0.864. The van der Waals surface area contributed by atoms with Gasteiger partial charge in [-0.1, -0.05) is 19.0 Å². The van der Waals surface area contributed by atoms with E-state index < -0.39 is 0 Å². The molecule has 0 amide bonds. The summed E-state index contributed by atoms with van der Waals surface area (Å²) < 4.78 is 4.92. The molecule has 1 rings (SSSR count). The molecule has 1 atom stereocenters. The number of hydrogen-bond donors (Lipinski definition) is 0. The Morgan fingerprint density at radius 2 is 2.31 bits per heavy atom. The Kier molecular flexibility index (Phi) is 3.23. The number of aldehydes is 1. The second-order valence-corrected chi connectivity index (χ2v) is 3.68. The summed E-state index contributed by atoms with van der Waals surface area (Å²) in [6.45, 7) is 5.92. The fourth-order valence-corrected chi connectivity index (χ4v) is 1.20. The van der Waals surface area contributed by atoms with Crippen LogP contribution in [0.4, 0.5) is 0 Å². The van der Waals surface area contributed by atoms with Gasteiger partial charge in [-0.2, -0.15) is 0 Å². The van der Waals surface area contributed by atoms with E-state index in [4.69, 9.17) is 4.52 Å². The molecule has 3 nitrogen and oxygen atoms in total. The standard InChI is InChI=1S/C10H15NO2/c1-7(2)9(6-12)5-10-4-8(3)13-11-10/h4,6-7,9H,5H2,1-3H3. The van der Waals surface area contributed by atoms with E-state index >= 15 is 0 Å². The zero-order chi connectivity index (χ0) is 9.84. The fraction of sp³-hybridized carbons (Fsp3) is 0.600. The van der Waals surface area contributed by atoms with Crippen molar-refractivity contribution >= 4 is 6.29 Å². The van der Waals surface area contributed by atoms with Crippen LogP contribution in [0.3, 0.4) is 0 Å². The second kappa shape index (κ2) is 4.21. The van der Waals surface area contributed by atoms with Crippen molar-refractivity contribution in [3.63, 3.8) is 0 Å². The summed E-state index contributed by atoms with van der Waals surface area (Å²) in [7, 11) is 0. The molecule has 0 aliphatic rings. The number of rotatable bonds is 4. The van der Waals surface area contributed by atoms with Crippen LogP contribution >= 0.6 is 0 Å². The van der Waals surface area contributed by atoms with E-state index in [2.05, 4.69) is 5.16 Å². The van der Waals surface area contributed by atoms with E-state index in [0.717, 1.165) is 17.7 Å². The maximum atomic E-state index is 10.7. The highest BCUT2D eigenvalue weighted by Gasteiger charge is 2.14. The largest absolute Gasteiger partial charge is 0.361 e. The van der Waals surface area contributed by atoms with Gasteiger partial charge in [0.15, 0.2) is 0 Å². The van der Waals surface area contributed by atoms with Crippen LogP contribution in [0.2, 0.25) is 0 Å². The van der Waals surface area contributed by atoms with Crippen molar-refractivity contribution in [2.45, 2.75) is 27.2 Å². The summed E-state index contributed by atoms with van der Waals surface area (Å²) in [6.07, 6.45) is 1.67.